The van der Waals surface area contributed by atoms with Crippen molar-refractivity contribution in [1.82, 2.24) is 0 Å². The van der Waals surface area contributed by atoms with Crippen LogP contribution in [0, 0.1) is 11.6 Å². The zero-order chi connectivity index (χ0) is 13.8. The molecule has 0 fully saturated rings. The van der Waals surface area contributed by atoms with Gasteiger partial charge in [-0.1, -0.05) is 15.9 Å². The van der Waals surface area contributed by atoms with Crippen LogP contribution in [-0.4, -0.2) is 5.11 Å². The molecule has 0 saturated carbocycles. The Kier molecular flexibility index (Phi) is 4.44. The molecule has 0 bridgehead atoms. The Morgan fingerprint density at radius 1 is 0.895 bits per heavy atom. The average Bonchev–Trinajstić information content (AvgIpc) is 2.37. The van der Waals surface area contributed by atoms with Crippen molar-refractivity contribution in [2.45, 2.75) is 0 Å². The molecule has 0 amide bonds. The van der Waals surface area contributed by atoms with Crippen molar-refractivity contribution in [2.75, 3.05) is 10.6 Å². The minimum atomic E-state index is -0.920. The average molecular weight is 343 g/mol. The van der Waals surface area contributed by atoms with Gasteiger partial charge < -0.3 is 10.6 Å². The molecular weight excluding hydrogens is 334 g/mol. The number of nitrogens with one attached hydrogen (secondary N) is 2. The summed E-state index contributed by atoms with van der Waals surface area (Å²) in [6, 6.07) is 10.9. The summed E-state index contributed by atoms with van der Waals surface area (Å²) in [6.45, 7) is 0. The maximum absolute atomic E-state index is 13.0. The molecule has 98 valence electrons. The van der Waals surface area contributed by atoms with Crippen LogP contribution in [0.2, 0.25) is 0 Å². The van der Waals surface area contributed by atoms with E-state index in [4.69, 9.17) is 12.2 Å². The van der Waals surface area contributed by atoms with E-state index in [0.29, 0.717) is 10.8 Å². The molecule has 2 N–H and O–H groups in total. The topological polar surface area (TPSA) is 24.1 Å². The van der Waals surface area contributed by atoms with Gasteiger partial charge >= 0.3 is 0 Å². The van der Waals surface area contributed by atoms with Gasteiger partial charge in [-0.05, 0) is 48.6 Å². The first-order valence-electron chi connectivity index (χ1n) is 5.33. The van der Waals surface area contributed by atoms with E-state index in [1.165, 1.54) is 6.07 Å². The molecule has 0 saturated heterocycles. The number of thiocarbonyl (C=S) groups is 1. The first-order chi connectivity index (χ1) is 9.04. The second kappa shape index (κ2) is 6.08. The number of rotatable bonds is 2. The van der Waals surface area contributed by atoms with Crippen molar-refractivity contribution in [3.63, 3.8) is 0 Å². The normalized spacial score (nSPS) is 10.1. The van der Waals surface area contributed by atoms with Gasteiger partial charge in [0.15, 0.2) is 16.7 Å². The molecule has 0 aliphatic heterocycles. The summed E-state index contributed by atoms with van der Waals surface area (Å²) in [4.78, 5) is 0. The second-order valence-corrected chi connectivity index (χ2v) is 5.04. The first kappa shape index (κ1) is 13.9. The molecule has 0 unspecified atom stereocenters. The van der Waals surface area contributed by atoms with E-state index >= 15 is 0 Å². The van der Waals surface area contributed by atoms with E-state index < -0.39 is 11.6 Å². The predicted molar refractivity (Wildman–Crippen MR) is 80.3 cm³/mol. The number of anilines is 2. The summed E-state index contributed by atoms with van der Waals surface area (Å²) in [5.74, 6) is -1.81. The van der Waals surface area contributed by atoms with Gasteiger partial charge in [-0.25, -0.2) is 8.78 Å². The van der Waals surface area contributed by atoms with Gasteiger partial charge in [0.05, 0.1) is 0 Å². The summed E-state index contributed by atoms with van der Waals surface area (Å²) >= 11 is 8.40. The molecule has 2 rings (SSSR count). The largest absolute Gasteiger partial charge is 0.332 e. The third-order valence-corrected chi connectivity index (χ3v) is 3.01. The predicted octanol–water partition coefficient (Wildman–Crippen LogP) is 4.54. The van der Waals surface area contributed by atoms with Gasteiger partial charge in [0.1, 0.15) is 0 Å². The number of benzene rings is 2. The van der Waals surface area contributed by atoms with Crippen molar-refractivity contribution in [3.8, 4) is 0 Å². The minimum absolute atomic E-state index is 0.299. The van der Waals surface area contributed by atoms with E-state index in [1.54, 1.807) is 0 Å². The molecule has 2 aromatic carbocycles. The molecule has 0 atom stereocenters. The molecule has 0 heterocycles. The minimum Gasteiger partial charge on any atom is -0.332 e. The summed E-state index contributed by atoms with van der Waals surface area (Å²) < 4.78 is 26.7. The summed E-state index contributed by atoms with van der Waals surface area (Å²) in [6.07, 6.45) is 0. The van der Waals surface area contributed by atoms with Crippen LogP contribution in [-0.2, 0) is 0 Å². The van der Waals surface area contributed by atoms with E-state index in [0.717, 1.165) is 22.3 Å². The lowest BCUT2D eigenvalue weighted by Gasteiger charge is -2.10. The zero-order valence-electron chi connectivity index (χ0n) is 9.58. The van der Waals surface area contributed by atoms with Crippen LogP contribution >= 0.6 is 28.1 Å². The van der Waals surface area contributed by atoms with Gasteiger partial charge in [-0.15, -0.1) is 0 Å². The summed E-state index contributed by atoms with van der Waals surface area (Å²) in [7, 11) is 0. The highest BCUT2D eigenvalue weighted by atomic mass is 79.9. The van der Waals surface area contributed by atoms with Gasteiger partial charge in [-0.2, -0.15) is 0 Å². The molecule has 6 heteroatoms. The van der Waals surface area contributed by atoms with E-state index in [-0.39, 0.29) is 0 Å². The number of hydrogen-bond donors (Lipinski definition) is 2. The molecule has 0 aliphatic carbocycles. The lowest BCUT2D eigenvalue weighted by atomic mass is 10.3. The maximum atomic E-state index is 13.0. The van der Waals surface area contributed by atoms with E-state index in [1.807, 2.05) is 24.3 Å². The van der Waals surface area contributed by atoms with Crippen LogP contribution < -0.4 is 10.6 Å². The standard InChI is InChI=1S/C13H9BrF2N2S/c14-8-1-3-9(4-2-8)17-13(19)18-10-5-6-11(15)12(16)7-10/h1-7H,(H2,17,18,19). The fraction of sp³-hybridized carbons (Fsp3) is 0. The Bertz CT molecular complexity index is 602. The molecule has 0 spiro atoms. The highest BCUT2D eigenvalue weighted by molar-refractivity contribution is 9.10. The van der Waals surface area contributed by atoms with Crippen molar-refractivity contribution >= 4 is 44.6 Å². The van der Waals surface area contributed by atoms with Crippen molar-refractivity contribution in [3.05, 3.63) is 58.6 Å². The third-order valence-electron chi connectivity index (χ3n) is 2.28. The van der Waals surface area contributed by atoms with Gasteiger partial charge in [0, 0.05) is 21.9 Å². The third kappa shape index (κ3) is 3.97. The van der Waals surface area contributed by atoms with E-state index in [2.05, 4.69) is 26.6 Å². The fourth-order valence-corrected chi connectivity index (χ4v) is 1.90. The first-order valence-corrected chi connectivity index (χ1v) is 6.53. The molecule has 2 aromatic rings. The SMILES string of the molecule is Fc1ccc(NC(=S)Nc2ccc(Br)cc2)cc1F. The summed E-state index contributed by atoms with van der Waals surface area (Å²) in [5, 5.41) is 6.01. The monoisotopic (exact) mass is 342 g/mol. The van der Waals surface area contributed by atoms with Crippen LogP contribution in [0.4, 0.5) is 20.2 Å². The van der Waals surface area contributed by atoms with Crippen LogP contribution in [0.3, 0.4) is 0 Å². The molecule has 0 aromatic heterocycles. The van der Waals surface area contributed by atoms with Crippen LogP contribution in [0.5, 0.6) is 0 Å². The molecule has 2 nitrogen and oxygen atoms in total. The lowest BCUT2D eigenvalue weighted by Crippen LogP contribution is -2.19. The Morgan fingerprint density at radius 3 is 2.11 bits per heavy atom. The highest BCUT2D eigenvalue weighted by Crippen LogP contribution is 2.16. The van der Waals surface area contributed by atoms with Crippen molar-refractivity contribution < 1.29 is 8.78 Å². The van der Waals surface area contributed by atoms with Crippen LogP contribution in [0.15, 0.2) is 46.9 Å². The quantitative estimate of drug-likeness (QED) is 0.783. The second-order valence-electron chi connectivity index (χ2n) is 3.71. The van der Waals surface area contributed by atoms with Crippen molar-refractivity contribution in [1.29, 1.82) is 0 Å². The number of hydrogen-bond acceptors (Lipinski definition) is 1. The number of halogens is 3. The molecule has 19 heavy (non-hydrogen) atoms. The van der Waals surface area contributed by atoms with Gasteiger partial charge in [0.2, 0.25) is 0 Å². The van der Waals surface area contributed by atoms with E-state index in [9.17, 15) is 8.78 Å². The maximum Gasteiger partial charge on any atom is 0.175 e. The Labute approximate surface area is 123 Å². The zero-order valence-corrected chi connectivity index (χ0v) is 12.0. The molecule has 0 aliphatic rings. The van der Waals surface area contributed by atoms with Crippen molar-refractivity contribution in [2.24, 2.45) is 0 Å². The molecule has 0 radical (unpaired) electrons. The van der Waals surface area contributed by atoms with Crippen LogP contribution in [0.1, 0.15) is 0 Å². The van der Waals surface area contributed by atoms with Crippen LogP contribution in [0.25, 0.3) is 0 Å². The fourth-order valence-electron chi connectivity index (χ4n) is 1.40. The Morgan fingerprint density at radius 2 is 1.47 bits per heavy atom. The van der Waals surface area contributed by atoms with Gasteiger partial charge in [-0.3, -0.25) is 0 Å². The smallest absolute Gasteiger partial charge is 0.175 e. The summed E-state index contributed by atoms with van der Waals surface area (Å²) in [5.41, 5.74) is 1.18. The highest BCUT2D eigenvalue weighted by Gasteiger charge is 2.04. The Hall–Kier alpha value is -1.53. The molecular formula is C13H9BrF2N2S. The van der Waals surface area contributed by atoms with Gasteiger partial charge in [0.25, 0.3) is 0 Å². The lowest BCUT2D eigenvalue weighted by molar-refractivity contribution is 0.509. The Balaban J connectivity index is 2.01.